The zero-order chi connectivity index (χ0) is 15.4. The molecular formula is C19H32. The molecule has 0 saturated carbocycles. The monoisotopic (exact) mass is 260 g/mol. The molecule has 0 aromatic heterocycles. The second kappa shape index (κ2) is 25.3. The number of hydrogen-bond acceptors (Lipinski definition) is 0. The molecule has 0 heteroatoms. The molecule has 2 rings (SSSR count). The molecule has 0 spiro atoms. The van der Waals surface area contributed by atoms with Gasteiger partial charge in [-0.05, 0) is 6.92 Å². The molecule has 0 aliphatic carbocycles. The lowest BCUT2D eigenvalue weighted by atomic mass is 10.2. The quantitative estimate of drug-likeness (QED) is 0.491. The summed E-state index contributed by atoms with van der Waals surface area (Å²) in [4.78, 5) is 0. The maximum atomic E-state index is 2.08. The first-order chi connectivity index (χ1) is 9.39. The Bertz CT molecular complexity index is 271. The second-order valence-electron chi connectivity index (χ2n) is 2.81. The van der Waals surface area contributed by atoms with E-state index in [1.807, 2.05) is 96.1 Å². The first kappa shape index (κ1) is 22.6. The zero-order valence-corrected chi connectivity index (χ0v) is 13.9. The summed E-state index contributed by atoms with van der Waals surface area (Å²) < 4.78 is 0. The molecule has 2 aromatic carbocycles. The molecule has 0 aliphatic heterocycles. The highest BCUT2D eigenvalue weighted by Gasteiger charge is 1.72. The van der Waals surface area contributed by atoms with Gasteiger partial charge in [0.2, 0.25) is 0 Å². The van der Waals surface area contributed by atoms with E-state index in [9.17, 15) is 0 Å². The minimum atomic E-state index is 1.32. The first-order valence-electron chi connectivity index (χ1n) is 7.41. The molecule has 2 aromatic rings. The second-order valence-corrected chi connectivity index (χ2v) is 2.81. The summed E-state index contributed by atoms with van der Waals surface area (Å²) in [6, 6.07) is 22.3. The summed E-state index contributed by atoms with van der Waals surface area (Å²) >= 11 is 0. The fourth-order valence-electron chi connectivity index (χ4n) is 0.919. The van der Waals surface area contributed by atoms with Crippen LogP contribution in [-0.2, 0) is 0 Å². The molecule has 0 heterocycles. The Balaban J connectivity index is -0.000000195. The summed E-state index contributed by atoms with van der Waals surface area (Å²) in [5.74, 6) is 0. The van der Waals surface area contributed by atoms with Crippen LogP contribution in [0.25, 0.3) is 0 Å². The molecule has 108 valence electrons. The minimum Gasteiger partial charge on any atom is -0.0683 e. The molecule has 0 atom stereocenters. The Morgan fingerprint density at radius 3 is 0.789 bits per heavy atom. The maximum absolute atomic E-state index is 2.08. The van der Waals surface area contributed by atoms with Crippen LogP contribution < -0.4 is 0 Å². The van der Waals surface area contributed by atoms with Crippen molar-refractivity contribution in [2.24, 2.45) is 0 Å². The van der Waals surface area contributed by atoms with Gasteiger partial charge >= 0.3 is 0 Å². The van der Waals surface area contributed by atoms with Crippen molar-refractivity contribution in [1.82, 2.24) is 0 Å². The first-order valence-corrected chi connectivity index (χ1v) is 7.41. The van der Waals surface area contributed by atoms with E-state index < -0.39 is 0 Å². The fourth-order valence-corrected chi connectivity index (χ4v) is 0.919. The zero-order valence-electron chi connectivity index (χ0n) is 13.9. The Hall–Kier alpha value is -1.56. The highest BCUT2D eigenvalue weighted by Crippen LogP contribution is 1.92. The van der Waals surface area contributed by atoms with Gasteiger partial charge in [-0.15, -0.1) is 0 Å². The van der Waals surface area contributed by atoms with Crippen LogP contribution in [-0.4, -0.2) is 0 Å². The number of rotatable bonds is 0. The third-order valence-electron chi connectivity index (χ3n) is 1.61. The van der Waals surface area contributed by atoms with Crippen LogP contribution in [0.3, 0.4) is 0 Å². The van der Waals surface area contributed by atoms with E-state index in [2.05, 4.69) is 19.1 Å². The van der Waals surface area contributed by atoms with Crippen molar-refractivity contribution in [1.29, 1.82) is 0 Å². The lowest BCUT2D eigenvalue weighted by Crippen LogP contribution is -1.62. The average molecular weight is 260 g/mol. The van der Waals surface area contributed by atoms with Crippen molar-refractivity contribution in [2.75, 3.05) is 0 Å². The summed E-state index contributed by atoms with van der Waals surface area (Å²) in [6.07, 6.45) is 0. The van der Waals surface area contributed by atoms with Gasteiger partial charge in [-0.3, -0.25) is 0 Å². The van der Waals surface area contributed by atoms with Gasteiger partial charge in [0.15, 0.2) is 0 Å². The molecule has 19 heavy (non-hydrogen) atoms. The molecule has 0 saturated heterocycles. The lowest BCUT2D eigenvalue weighted by molar-refractivity contribution is 1.48. The topological polar surface area (TPSA) is 0 Å². The molecule has 0 amide bonds. The van der Waals surface area contributed by atoms with Gasteiger partial charge in [0.25, 0.3) is 0 Å². The largest absolute Gasteiger partial charge is 0.0683 e. The standard InChI is InChI=1S/C7H8.C6H6.3C2H6/c1-7-5-3-2-4-6-7;1-2-4-6-5-3-1;3*1-2/h2-6H,1H3;1-6H;3*1-2H3. The summed E-state index contributed by atoms with van der Waals surface area (Å²) in [5, 5.41) is 0. The van der Waals surface area contributed by atoms with Gasteiger partial charge < -0.3 is 0 Å². The number of aryl methyl sites for hydroxylation is 1. The third-order valence-corrected chi connectivity index (χ3v) is 1.61. The maximum Gasteiger partial charge on any atom is -0.0398 e. The molecule has 0 nitrogen and oxygen atoms in total. The van der Waals surface area contributed by atoms with Crippen LogP contribution in [0.1, 0.15) is 47.1 Å². The van der Waals surface area contributed by atoms with E-state index in [1.165, 1.54) is 5.56 Å². The van der Waals surface area contributed by atoms with E-state index >= 15 is 0 Å². The van der Waals surface area contributed by atoms with Crippen LogP contribution in [0.15, 0.2) is 66.7 Å². The van der Waals surface area contributed by atoms with Crippen LogP contribution in [0.4, 0.5) is 0 Å². The third kappa shape index (κ3) is 22.2. The van der Waals surface area contributed by atoms with E-state index in [1.54, 1.807) is 0 Å². The molecule has 0 unspecified atom stereocenters. The molecule has 0 radical (unpaired) electrons. The smallest absolute Gasteiger partial charge is 0.0398 e. The predicted molar refractivity (Wildman–Crippen MR) is 91.7 cm³/mol. The van der Waals surface area contributed by atoms with Gasteiger partial charge in [0.05, 0.1) is 0 Å². The van der Waals surface area contributed by atoms with Gasteiger partial charge in [0.1, 0.15) is 0 Å². The van der Waals surface area contributed by atoms with Crippen LogP contribution >= 0.6 is 0 Å². The van der Waals surface area contributed by atoms with E-state index in [0.717, 1.165) is 0 Å². The van der Waals surface area contributed by atoms with Crippen LogP contribution in [0.2, 0.25) is 0 Å². The fraction of sp³-hybridized carbons (Fsp3) is 0.368. The van der Waals surface area contributed by atoms with Crippen molar-refractivity contribution in [3.8, 4) is 0 Å². The highest BCUT2D eigenvalue weighted by molar-refractivity contribution is 5.11. The van der Waals surface area contributed by atoms with E-state index in [-0.39, 0.29) is 0 Å². The van der Waals surface area contributed by atoms with Gasteiger partial charge in [-0.1, -0.05) is 114 Å². The summed E-state index contributed by atoms with van der Waals surface area (Å²) in [6.45, 7) is 14.1. The molecule has 0 fully saturated rings. The van der Waals surface area contributed by atoms with Crippen molar-refractivity contribution in [3.05, 3.63) is 72.3 Å². The van der Waals surface area contributed by atoms with Crippen molar-refractivity contribution in [3.63, 3.8) is 0 Å². The summed E-state index contributed by atoms with van der Waals surface area (Å²) in [5.41, 5.74) is 1.32. The van der Waals surface area contributed by atoms with Crippen molar-refractivity contribution in [2.45, 2.75) is 48.5 Å². The minimum absolute atomic E-state index is 1.32. The Kier molecular flexibility index (Phi) is 30.1. The Labute approximate surface area is 121 Å². The lowest BCUT2D eigenvalue weighted by Gasteiger charge is -1.82. The van der Waals surface area contributed by atoms with Crippen LogP contribution in [0, 0.1) is 6.92 Å². The highest BCUT2D eigenvalue weighted by atomic mass is 13.8. The van der Waals surface area contributed by atoms with Gasteiger partial charge in [-0.2, -0.15) is 0 Å². The van der Waals surface area contributed by atoms with Gasteiger partial charge in [0, 0.05) is 0 Å². The van der Waals surface area contributed by atoms with Gasteiger partial charge in [-0.25, -0.2) is 0 Å². The molecule has 0 aliphatic rings. The Morgan fingerprint density at radius 2 is 0.632 bits per heavy atom. The molecule has 0 bridgehead atoms. The SMILES string of the molecule is CC.CC.CC.Cc1ccccc1.c1ccccc1. The normalized spacial score (nSPS) is 6.68. The van der Waals surface area contributed by atoms with Crippen molar-refractivity contribution >= 4 is 0 Å². The van der Waals surface area contributed by atoms with Crippen molar-refractivity contribution < 1.29 is 0 Å². The van der Waals surface area contributed by atoms with Crippen LogP contribution in [0.5, 0.6) is 0 Å². The Morgan fingerprint density at radius 1 is 0.421 bits per heavy atom. The summed E-state index contributed by atoms with van der Waals surface area (Å²) in [7, 11) is 0. The molecule has 0 N–H and O–H groups in total. The number of hydrogen-bond donors (Lipinski definition) is 0. The predicted octanol–water partition coefficient (Wildman–Crippen LogP) is 6.76. The molecular weight excluding hydrogens is 228 g/mol. The van der Waals surface area contributed by atoms with E-state index in [0.29, 0.717) is 0 Å². The average Bonchev–Trinajstić information content (AvgIpc) is 2.56. The van der Waals surface area contributed by atoms with E-state index in [4.69, 9.17) is 0 Å². The number of benzene rings is 2.